The molecular formula is C15H12ClN3OS. The van der Waals surface area contributed by atoms with Gasteiger partial charge in [0.15, 0.2) is 0 Å². The summed E-state index contributed by atoms with van der Waals surface area (Å²) < 4.78 is 0. The summed E-state index contributed by atoms with van der Waals surface area (Å²) in [5.74, 6) is 0.378. The first-order valence-corrected chi connectivity index (χ1v) is 7.51. The fraction of sp³-hybridized carbons (Fsp3) is 0.133. The van der Waals surface area contributed by atoms with Crippen LogP contribution < -0.4 is 5.32 Å². The molecule has 0 unspecified atom stereocenters. The van der Waals surface area contributed by atoms with Gasteiger partial charge in [0.25, 0.3) is 5.91 Å². The van der Waals surface area contributed by atoms with Crippen molar-refractivity contribution in [3.63, 3.8) is 0 Å². The van der Waals surface area contributed by atoms with E-state index < -0.39 is 0 Å². The molecule has 0 spiro atoms. The molecule has 21 heavy (non-hydrogen) atoms. The molecule has 0 aliphatic heterocycles. The lowest BCUT2D eigenvalue weighted by atomic mass is 10.2. The Hall–Kier alpha value is -2.03. The standard InChI is InChI=1S/C15H12ClN3OS/c1-18-14(20)13-7-4-11(8-17)15(19-13)21-9-10-2-5-12(16)6-3-10/h2-7H,9H2,1H3,(H,18,20). The molecule has 106 valence electrons. The lowest BCUT2D eigenvalue weighted by Crippen LogP contribution is -2.19. The van der Waals surface area contributed by atoms with Gasteiger partial charge in [-0.25, -0.2) is 4.98 Å². The van der Waals surface area contributed by atoms with E-state index in [1.165, 1.54) is 11.8 Å². The molecule has 2 aromatic rings. The van der Waals surface area contributed by atoms with E-state index in [-0.39, 0.29) is 5.91 Å². The van der Waals surface area contributed by atoms with Gasteiger partial charge in [0.1, 0.15) is 16.8 Å². The molecule has 0 saturated heterocycles. The van der Waals surface area contributed by atoms with Crippen LogP contribution in [-0.2, 0) is 5.75 Å². The van der Waals surface area contributed by atoms with Crippen molar-refractivity contribution in [1.82, 2.24) is 10.3 Å². The average Bonchev–Trinajstić information content (AvgIpc) is 2.53. The summed E-state index contributed by atoms with van der Waals surface area (Å²) in [4.78, 5) is 15.8. The van der Waals surface area contributed by atoms with Crippen molar-refractivity contribution in [3.8, 4) is 6.07 Å². The lowest BCUT2D eigenvalue weighted by Gasteiger charge is -2.06. The number of amides is 1. The molecule has 0 saturated carbocycles. The minimum Gasteiger partial charge on any atom is -0.354 e. The number of pyridine rings is 1. The number of hydrogen-bond acceptors (Lipinski definition) is 4. The molecule has 0 aliphatic carbocycles. The number of halogens is 1. The molecular weight excluding hydrogens is 306 g/mol. The molecule has 0 aliphatic rings. The zero-order valence-corrected chi connectivity index (χ0v) is 12.8. The first-order valence-electron chi connectivity index (χ1n) is 6.14. The Balaban J connectivity index is 2.19. The number of thioether (sulfide) groups is 1. The molecule has 1 aromatic carbocycles. The monoisotopic (exact) mass is 317 g/mol. The zero-order chi connectivity index (χ0) is 15.2. The van der Waals surface area contributed by atoms with Crippen molar-refractivity contribution in [2.45, 2.75) is 10.8 Å². The van der Waals surface area contributed by atoms with Gasteiger partial charge in [-0.15, -0.1) is 11.8 Å². The quantitative estimate of drug-likeness (QED) is 0.879. The summed E-state index contributed by atoms with van der Waals surface area (Å²) in [5, 5.41) is 12.9. The highest BCUT2D eigenvalue weighted by Crippen LogP contribution is 2.25. The Bertz CT molecular complexity index is 695. The third kappa shape index (κ3) is 3.97. The molecule has 0 bridgehead atoms. The van der Waals surface area contributed by atoms with Gasteiger partial charge in [-0.1, -0.05) is 23.7 Å². The lowest BCUT2D eigenvalue weighted by molar-refractivity contribution is 0.0957. The van der Waals surface area contributed by atoms with Gasteiger partial charge < -0.3 is 5.32 Å². The average molecular weight is 318 g/mol. The summed E-state index contributed by atoms with van der Waals surface area (Å²) in [6.45, 7) is 0. The van der Waals surface area contributed by atoms with Crippen molar-refractivity contribution < 1.29 is 4.79 Å². The summed E-state index contributed by atoms with van der Waals surface area (Å²) in [6.07, 6.45) is 0. The molecule has 1 N–H and O–H groups in total. The first kappa shape index (κ1) is 15.4. The predicted molar refractivity (Wildman–Crippen MR) is 83.4 cm³/mol. The van der Waals surface area contributed by atoms with E-state index in [0.29, 0.717) is 27.1 Å². The largest absolute Gasteiger partial charge is 0.354 e. The van der Waals surface area contributed by atoms with E-state index in [1.807, 2.05) is 24.3 Å². The first-order chi connectivity index (χ1) is 10.1. The molecule has 0 fully saturated rings. The van der Waals surface area contributed by atoms with Crippen LogP contribution in [0.15, 0.2) is 41.4 Å². The molecule has 0 radical (unpaired) electrons. The molecule has 2 rings (SSSR count). The van der Waals surface area contributed by atoms with Gasteiger partial charge in [-0.3, -0.25) is 4.79 Å². The number of rotatable bonds is 4. The summed E-state index contributed by atoms with van der Waals surface area (Å²) >= 11 is 7.26. The molecule has 1 heterocycles. The Morgan fingerprint density at radius 1 is 1.33 bits per heavy atom. The van der Waals surface area contributed by atoms with Gasteiger partial charge in [0.2, 0.25) is 0 Å². The van der Waals surface area contributed by atoms with Gasteiger partial charge in [0, 0.05) is 17.8 Å². The highest BCUT2D eigenvalue weighted by atomic mass is 35.5. The number of hydrogen-bond donors (Lipinski definition) is 1. The van der Waals surface area contributed by atoms with Crippen LogP contribution in [0, 0.1) is 11.3 Å². The van der Waals surface area contributed by atoms with E-state index in [4.69, 9.17) is 16.9 Å². The second-order valence-corrected chi connectivity index (χ2v) is 5.56. The van der Waals surface area contributed by atoms with E-state index in [1.54, 1.807) is 19.2 Å². The Morgan fingerprint density at radius 2 is 2.05 bits per heavy atom. The number of nitrogens with one attached hydrogen (secondary N) is 1. The minimum atomic E-state index is -0.271. The Labute approximate surface area is 132 Å². The maximum Gasteiger partial charge on any atom is 0.269 e. The second-order valence-electron chi connectivity index (χ2n) is 4.16. The third-order valence-electron chi connectivity index (χ3n) is 2.73. The highest BCUT2D eigenvalue weighted by Gasteiger charge is 2.11. The van der Waals surface area contributed by atoms with Crippen molar-refractivity contribution in [1.29, 1.82) is 5.26 Å². The Morgan fingerprint density at radius 3 is 2.67 bits per heavy atom. The van der Waals surface area contributed by atoms with Crippen molar-refractivity contribution >= 4 is 29.3 Å². The van der Waals surface area contributed by atoms with Crippen LogP contribution in [0.3, 0.4) is 0 Å². The second kappa shape index (κ2) is 7.11. The molecule has 1 aromatic heterocycles. The fourth-order valence-corrected chi connectivity index (χ4v) is 2.68. The van der Waals surface area contributed by atoms with E-state index in [9.17, 15) is 4.79 Å². The van der Waals surface area contributed by atoms with Crippen LogP contribution >= 0.6 is 23.4 Å². The fourth-order valence-electron chi connectivity index (χ4n) is 1.62. The number of benzene rings is 1. The van der Waals surface area contributed by atoms with Crippen LogP contribution in [0.4, 0.5) is 0 Å². The molecule has 0 atom stereocenters. The van der Waals surface area contributed by atoms with E-state index in [0.717, 1.165) is 5.56 Å². The van der Waals surface area contributed by atoms with E-state index >= 15 is 0 Å². The Kier molecular flexibility index (Phi) is 5.20. The summed E-state index contributed by atoms with van der Waals surface area (Å²) in [6, 6.07) is 12.7. The SMILES string of the molecule is CNC(=O)c1ccc(C#N)c(SCc2ccc(Cl)cc2)n1. The van der Waals surface area contributed by atoms with Crippen LogP contribution in [0.2, 0.25) is 5.02 Å². The van der Waals surface area contributed by atoms with Crippen LogP contribution in [-0.4, -0.2) is 17.9 Å². The number of carbonyl (C=O) groups excluding carboxylic acids is 1. The maximum absolute atomic E-state index is 11.6. The normalized spacial score (nSPS) is 9.95. The van der Waals surface area contributed by atoms with Crippen molar-refractivity contribution in [3.05, 3.63) is 58.2 Å². The highest BCUT2D eigenvalue weighted by molar-refractivity contribution is 7.98. The van der Waals surface area contributed by atoms with Gasteiger partial charge in [-0.2, -0.15) is 5.26 Å². The maximum atomic E-state index is 11.6. The molecule has 1 amide bonds. The van der Waals surface area contributed by atoms with Crippen LogP contribution in [0.5, 0.6) is 0 Å². The number of nitriles is 1. The van der Waals surface area contributed by atoms with Gasteiger partial charge in [-0.05, 0) is 29.8 Å². The van der Waals surface area contributed by atoms with Gasteiger partial charge in [0.05, 0.1) is 5.56 Å². The smallest absolute Gasteiger partial charge is 0.269 e. The predicted octanol–water partition coefficient (Wildman–Crippen LogP) is 3.26. The number of aromatic nitrogens is 1. The van der Waals surface area contributed by atoms with Crippen LogP contribution in [0.25, 0.3) is 0 Å². The van der Waals surface area contributed by atoms with Crippen LogP contribution in [0.1, 0.15) is 21.6 Å². The molecule has 6 heteroatoms. The zero-order valence-electron chi connectivity index (χ0n) is 11.3. The summed E-state index contributed by atoms with van der Waals surface area (Å²) in [7, 11) is 1.54. The summed E-state index contributed by atoms with van der Waals surface area (Å²) in [5.41, 5.74) is 1.83. The van der Waals surface area contributed by atoms with Crippen molar-refractivity contribution in [2.75, 3.05) is 7.05 Å². The topological polar surface area (TPSA) is 65.8 Å². The van der Waals surface area contributed by atoms with Crippen molar-refractivity contribution in [2.24, 2.45) is 0 Å². The van der Waals surface area contributed by atoms with E-state index in [2.05, 4.69) is 16.4 Å². The minimum absolute atomic E-state index is 0.271. The molecule has 4 nitrogen and oxygen atoms in total. The van der Waals surface area contributed by atoms with Gasteiger partial charge >= 0.3 is 0 Å². The number of carbonyl (C=O) groups is 1. The third-order valence-corrected chi connectivity index (χ3v) is 4.04. The number of nitrogens with zero attached hydrogens (tertiary/aromatic N) is 2.